The molecule has 0 bridgehead atoms. The Morgan fingerprint density at radius 2 is 0.568 bits per heavy atom. The van der Waals surface area contributed by atoms with Crippen molar-refractivity contribution in [1.29, 1.82) is 47.4 Å². The van der Waals surface area contributed by atoms with Crippen LogP contribution in [0, 0.1) is 102 Å². The fourth-order valence-corrected chi connectivity index (χ4v) is 11.4. The maximum absolute atomic E-state index is 15.8. The second kappa shape index (κ2) is 21.2. The normalized spacial score (nSPS) is 11.2. The Kier molecular flexibility index (Phi) is 13.3. The average Bonchev–Trinajstić information content (AvgIpc) is 1.55. The molecule has 0 amide bonds. The number of hydrogen-bond donors (Lipinski definition) is 0. The van der Waals surface area contributed by atoms with E-state index in [1.807, 2.05) is 0 Å². The van der Waals surface area contributed by atoms with Gasteiger partial charge < -0.3 is 9.13 Å². The molecule has 0 aliphatic carbocycles. The van der Waals surface area contributed by atoms with Crippen LogP contribution in [0.2, 0.25) is 0 Å². The second-order valence-corrected chi connectivity index (χ2v) is 20.4. The predicted octanol–water partition coefficient (Wildman–Crippen LogP) is 17.1. The lowest BCUT2D eigenvalue weighted by Gasteiger charge is -2.22. The summed E-state index contributed by atoms with van der Waals surface area (Å²) in [6.45, 7) is 0. The van der Waals surface area contributed by atoms with Crippen LogP contribution in [0.5, 0.6) is 0 Å². The first-order valence-corrected chi connectivity index (χ1v) is 26.3. The van der Waals surface area contributed by atoms with E-state index in [1.165, 1.54) is 36.4 Å². The Hall–Kier alpha value is -13.2. The lowest BCUT2D eigenvalue weighted by atomic mass is 9.93. The Bertz CT molecular complexity index is 5110. The number of benzene rings is 10. The van der Waals surface area contributed by atoms with Gasteiger partial charge >= 0.3 is 12.4 Å². The maximum atomic E-state index is 15.8. The summed E-state index contributed by atoms with van der Waals surface area (Å²) in [5, 5.41) is 92.8. The van der Waals surface area contributed by atoms with E-state index in [1.54, 1.807) is 130 Å². The van der Waals surface area contributed by atoms with Gasteiger partial charge in [-0.3, -0.25) is 0 Å². The number of rotatable bonds is 7. The Morgan fingerprint density at radius 3 is 0.841 bits per heavy atom. The molecular formula is C71H29F6N11. The first kappa shape index (κ1) is 55.3. The van der Waals surface area contributed by atoms with E-state index < -0.39 is 29.0 Å². The summed E-state index contributed by atoms with van der Waals surface area (Å²) in [6, 6.07) is 61.6. The van der Waals surface area contributed by atoms with Crippen LogP contribution in [0.4, 0.5) is 26.3 Å². The monoisotopic (exact) mass is 1150 g/mol. The van der Waals surface area contributed by atoms with Gasteiger partial charge in [-0.15, -0.1) is 0 Å². The molecule has 12 aromatic rings. The molecule has 10 aromatic carbocycles. The molecule has 0 atom stereocenters. The summed E-state index contributed by atoms with van der Waals surface area (Å²) in [6.07, 6.45) is -10.6. The van der Waals surface area contributed by atoms with E-state index in [9.17, 15) is 60.5 Å². The molecule has 88 heavy (non-hydrogen) atoms. The molecule has 17 heteroatoms. The van der Waals surface area contributed by atoms with Crippen molar-refractivity contribution in [1.82, 2.24) is 9.13 Å². The van der Waals surface area contributed by atoms with Crippen LogP contribution in [0.3, 0.4) is 0 Å². The quantitative estimate of drug-likeness (QED) is 0.138. The fraction of sp³-hybridized carbons (Fsp3) is 0.0282. The number of fused-ring (bicyclic) bond motifs is 6. The zero-order valence-corrected chi connectivity index (χ0v) is 44.9. The zero-order valence-electron chi connectivity index (χ0n) is 44.9. The number of halogens is 6. The number of hydrogen-bond acceptors (Lipinski definition) is 9. The standard InChI is InChI=1S/C71H29F6N11/c72-70(73,74)56-5-6-57(63(28-56)71(75,76)77)62-29-68(87-64-7-1-47(51-15-39(30-78)11-40(16-51)31-79)23-58(64)59-24-48(2-8-65(59)87)52-17-41(32-80)12-42(18-52)33-81)55(38-86)27-69(62)88-66-9-3-49(53-19-43(34-82)13-44(20-53)35-83)25-60(66)61-26-50(4-10-67(61)88)54-21-45(36-84)14-46(22-54)37-85/h1-29H. The van der Waals surface area contributed by atoms with E-state index in [0.717, 1.165) is 6.07 Å². The van der Waals surface area contributed by atoms with Crippen molar-refractivity contribution in [3.63, 3.8) is 0 Å². The summed E-state index contributed by atoms with van der Waals surface area (Å²) < 4.78 is 94.3. The highest BCUT2D eigenvalue weighted by Gasteiger charge is 2.39. The topological polar surface area (TPSA) is 224 Å². The lowest BCUT2D eigenvalue weighted by Crippen LogP contribution is -2.13. The Labute approximate surface area is 495 Å². The minimum Gasteiger partial charge on any atom is -0.309 e. The molecule has 0 saturated heterocycles. The average molecular weight is 1150 g/mol. The molecule has 0 fully saturated rings. The molecule has 0 aliphatic rings. The van der Waals surface area contributed by atoms with Crippen molar-refractivity contribution in [2.75, 3.05) is 0 Å². The first-order chi connectivity index (χ1) is 42.4. The third-order valence-corrected chi connectivity index (χ3v) is 15.3. The van der Waals surface area contributed by atoms with Gasteiger partial charge in [0.2, 0.25) is 0 Å². The molecule has 0 saturated carbocycles. The first-order valence-electron chi connectivity index (χ1n) is 26.3. The highest BCUT2D eigenvalue weighted by molar-refractivity contribution is 6.14. The molecule has 0 aliphatic heterocycles. The molecule has 0 N–H and O–H groups in total. The van der Waals surface area contributed by atoms with E-state index in [2.05, 4.69) is 54.6 Å². The molecule has 11 nitrogen and oxygen atoms in total. The van der Waals surface area contributed by atoms with Gasteiger partial charge in [0.25, 0.3) is 0 Å². The van der Waals surface area contributed by atoms with E-state index >= 15 is 13.2 Å². The number of alkyl halides is 6. The van der Waals surface area contributed by atoms with Gasteiger partial charge in [0.15, 0.2) is 0 Å². The SMILES string of the molecule is N#Cc1cc(C#N)cc(-c2ccc3c(c2)c2cc(-c4cc(C#N)cc(C#N)c4)ccc2n3-c2cc(-c3ccc(C(F)(F)F)cc3C(F)(F)F)c(-n3c4ccc(-c5cc(C#N)cc(C#N)c5)cc4c4cc(-c5cc(C#N)cc(C#N)c5)ccc43)cc2C#N)c1. The van der Waals surface area contributed by atoms with Crippen molar-refractivity contribution in [3.8, 4) is 122 Å². The largest absolute Gasteiger partial charge is 0.417 e. The van der Waals surface area contributed by atoms with E-state index in [4.69, 9.17) is 0 Å². The summed E-state index contributed by atoms with van der Waals surface area (Å²) in [7, 11) is 0. The van der Waals surface area contributed by atoms with Crippen LogP contribution in [0.1, 0.15) is 61.2 Å². The van der Waals surface area contributed by atoms with Gasteiger partial charge in [-0.25, -0.2) is 0 Å². The lowest BCUT2D eigenvalue weighted by molar-refractivity contribution is -0.142. The third kappa shape index (κ3) is 9.59. The van der Waals surface area contributed by atoms with Gasteiger partial charge in [-0.05, 0) is 196 Å². The minimum atomic E-state index is -5.41. The van der Waals surface area contributed by atoms with Gasteiger partial charge in [0.1, 0.15) is 6.07 Å². The second-order valence-electron chi connectivity index (χ2n) is 20.4. The van der Waals surface area contributed by atoms with Crippen LogP contribution in [-0.4, -0.2) is 9.13 Å². The van der Waals surface area contributed by atoms with Crippen molar-refractivity contribution >= 4 is 43.6 Å². The van der Waals surface area contributed by atoms with Gasteiger partial charge in [0.05, 0.1) is 143 Å². The van der Waals surface area contributed by atoms with Crippen molar-refractivity contribution in [2.24, 2.45) is 0 Å². The van der Waals surface area contributed by atoms with Crippen molar-refractivity contribution in [2.45, 2.75) is 12.4 Å². The Balaban J connectivity index is 1.21. The van der Waals surface area contributed by atoms with Gasteiger partial charge in [0, 0.05) is 27.1 Å². The number of nitrogens with zero attached hydrogens (tertiary/aromatic N) is 11. The van der Waals surface area contributed by atoms with Crippen LogP contribution in [-0.2, 0) is 12.4 Å². The summed E-state index contributed by atoms with van der Waals surface area (Å²) in [5.41, 5.74) is 2.47. The molecule has 0 spiro atoms. The summed E-state index contributed by atoms with van der Waals surface area (Å²) >= 11 is 0. The molecule has 0 unspecified atom stereocenters. The smallest absolute Gasteiger partial charge is 0.309 e. The zero-order chi connectivity index (χ0) is 61.9. The highest BCUT2D eigenvalue weighted by Crippen LogP contribution is 2.48. The number of aromatic nitrogens is 2. The molecule has 2 aromatic heterocycles. The predicted molar refractivity (Wildman–Crippen MR) is 315 cm³/mol. The Morgan fingerprint density at radius 1 is 0.261 bits per heavy atom. The molecule has 2 heterocycles. The van der Waals surface area contributed by atoms with Crippen LogP contribution in [0.15, 0.2) is 176 Å². The molecule has 0 radical (unpaired) electrons. The van der Waals surface area contributed by atoms with Crippen LogP contribution < -0.4 is 0 Å². The number of nitriles is 9. The van der Waals surface area contributed by atoms with E-state index in [-0.39, 0.29) is 73.1 Å². The molecule has 410 valence electrons. The van der Waals surface area contributed by atoms with Gasteiger partial charge in [-0.1, -0.05) is 30.3 Å². The maximum Gasteiger partial charge on any atom is 0.417 e. The van der Waals surface area contributed by atoms with Crippen molar-refractivity contribution < 1.29 is 26.3 Å². The van der Waals surface area contributed by atoms with E-state index in [0.29, 0.717) is 94.2 Å². The molecular weight excluding hydrogens is 1120 g/mol. The summed E-state index contributed by atoms with van der Waals surface area (Å²) in [5.74, 6) is 0. The fourth-order valence-electron chi connectivity index (χ4n) is 11.4. The van der Waals surface area contributed by atoms with Crippen LogP contribution >= 0.6 is 0 Å². The van der Waals surface area contributed by atoms with Crippen LogP contribution in [0.25, 0.3) is 111 Å². The third-order valence-electron chi connectivity index (χ3n) is 15.3. The van der Waals surface area contributed by atoms with Gasteiger partial charge in [-0.2, -0.15) is 73.7 Å². The van der Waals surface area contributed by atoms with Crippen molar-refractivity contribution in [3.05, 3.63) is 237 Å². The minimum absolute atomic E-state index is 0.00653. The summed E-state index contributed by atoms with van der Waals surface area (Å²) in [4.78, 5) is 0. The highest BCUT2D eigenvalue weighted by atomic mass is 19.4. The molecule has 12 rings (SSSR count).